The maximum atomic E-state index is 9.79. The van der Waals surface area contributed by atoms with Crippen molar-refractivity contribution in [3.63, 3.8) is 0 Å². The van der Waals surface area contributed by atoms with Gasteiger partial charge in [-0.1, -0.05) is 30.3 Å². The third kappa shape index (κ3) is 1.29. The van der Waals surface area contributed by atoms with Gasteiger partial charge in [-0.3, -0.25) is 0 Å². The Labute approximate surface area is 97.2 Å². The van der Waals surface area contributed by atoms with Crippen molar-refractivity contribution in [3.8, 4) is 17.2 Å². The summed E-state index contributed by atoms with van der Waals surface area (Å²) in [7, 11) is 0. The molecule has 84 valence electrons. The lowest BCUT2D eigenvalue weighted by atomic mass is 10.0. The van der Waals surface area contributed by atoms with Gasteiger partial charge in [0.15, 0.2) is 11.5 Å². The van der Waals surface area contributed by atoms with Gasteiger partial charge in [-0.2, -0.15) is 0 Å². The zero-order valence-corrected chi connectivity index (χ0v) is 8.88. The largest absolute Gasteiger partial charge is 0.504 e. The second-order valence-corrected chi connectivity index (χ2v) is 3.97. The standard InChI is InChI=1S/C14H10O3/c15-12-7-11-9-4-2-1-3-8(9)5-6-10(11)13(16)14(12)17/h1-7,15-17H. The van der Waals surface area contributed by atoms with Crippen LogP contribution in [-0.4, -0.2) is 15.3 Å². The fraction of sp³-hybridized carbons (Fsp3) is 0. The summed E-state index contributed by atoms with van der Waals surface area (Å²) in [6, 6.07) is 12.7. The number of phenols is 3. The highest BCUT2D eigenvalue weighted by Crippen LogP contribution is 2.43. The van der Waals surface area contributed by atoms with Crippen molar-refractivity contribution in [3.05, 3.63) is 42.5 Å². The van der Waals surface area contributed by atoms with Crippen LogP contribution in [0.2, 0.25) is 0 Å². The molecule has 3 nitrogen and oxygen atoms in total. The predicted molar refractivity (Wildman–Crippen MR) is 66.4 cm³/mol. The Kier molecular flexibility index (Phi) is 1.89. The van der Waals surface area contributed by atoms with Crippen LogP contribution in [0.25, 0.3) is 21.5 Å². The lowest BCUT2D eigenvalue weighted by Gasteiger charge is -2.08. The third-order valence-corrected chi connectivity index (χ3v) is 2.97. The molecule has 17 heavy (non-hydrogen) atoms. The van der Waals surface area contributed by atoms with Crippen molar-refractivity contribution in [1.29, 1.82) is 0 Å². The van der Waals surface area contributed by atoms with Gasteiger partial charge in [0.2, 0.25) is 5.75 Å². The molecule has 0 aromatic heterocycles. The summed E-state index contributed by atoms with van der Waals surface area (Å²) < 4.78 is 0. The molecule has 0 radical (unpaired) electrons. The van der Waals surface area contributed by atoms with Gasteiger partial charge in [0.1, 0.15) is 0 Å². The van der Waals surface area contributed by atoms with Crippen LogP contribution in [0, 0.1) is 0 Å². The highest BCUT2D eigenvalue weighted by atomic mass is 16.3. The zero-order chi connectivity index (χ0) is 12.0. The van der Waals surface area contributed by atoms with E-state index in [2.05, 4.69) is 0 Å². The Morgan fingerprint density at radius 2 is 1.41 bits per heavy atom. The van der Waals surface area contributed by atoms with Gasteiger partial charge >= 0.3 is 0 Å². The first-order chi connectivity index (χ1) is 8.18. The molecular formula is C14H10O3. The Morgan fingerprint density at radius 1 is 0.647 bits per heavy atom. The number of rotatable bonds is 0. The van der Waals surface area contributed by atoms with Crippen molar-refractivity contribution in [2.45, 2.75) is 0 Å². The molecule has 0 heterocycles. The van der Waals surface area contributed by atoms with E-state index in [9.17, 15) is 15.3 Å². The zero-order valence-electron chi connectivity index (χ0n) is 8.88. The predicted octanol–water partition coefficient (Wildman–Crippen LogP) is 3.11. The molecule has 3 heteroatoms. The van der Waals surface area contributed by atoms with Crippen molar-refractivity contribution >= 4 is 21.5 Å². The van der Waals surface area contributed by atoms with E-state index in [1.54, 1.807) is 6.07 Å². The second-order valence-electron chi connectivity index (χ2n) is 3.97. The maximum Gasteiger partial charge on any atom is 0.200 e. The minimum Gasteiger partial charge on any atom is -0.504 e. The molecule has 3 N–H and O–H groups in total. The number of benzene rings is 3. The topological polar surface area (TPSA) is 60.7 Å². The molecule has 0 amide bonds. The van der Waals surface area contributed by atoms with Gasteiger partial charge < -0.3 is 15.3 Å². The summed E-state index contributed by atoms with van der Waals surface area (Å²) in [6.45, 7) is 0. The van der Waals surface area contributed by atoms with E-state index in [0.717, 1.165) is 16.2 Å². The van der Waals surface area contributed by atoms with Gasteiger partial charge in [0.25, 0.3) is 0 Å². The molecule has 0 aliphatic carbocycles. The number of aromatic hydroxyl groups is 3. The number of fused-ring (bicyclic) bond motifs is 3. The van der Waals surface area contributed by atoms with E-state index in [1.165, 1.54) is 6.07 Å². The second kappa shape index (κ2) is 3.28. The molecule has 0 aliphatic rings. The Morgan fingerprint density at radius 3 is 2.24 bits per heavy atom. The van der Waals surface area contributed by atoms with Gasteiger partial charge in [0, 0.05) is 5.39 Å². The Bertz CT molecular complexity index is 732. The maximum absolute atomic E-state index is 9.79. The third-order valence-electron chi connectivity index (χ3n) is 2.97. The molecule has 0 unspecified atom stereocenters. The van der Waals surface area contributed by atoms with Crippen LogP contribution >= 0.6 is 0 Å². The smallest absolute Gasteiger partial charge is 0.200 e. The first kappa shape index (κ1) is 9.78. The van der Waals surface area contributed by atoms with Crippen molar-refractivity contribution < 1.29 is 15.3 Å². The lowest BCUT2D eigenvalue weighted by Crippen LogP contribution is -1.80. The lowest BCUT2D eigenvalue weighted by molar-refractivity contribution is 0.371. The molecule has 0 aliphatic heterocycles. The Balaban J connectivity index is 2.59. The van der Waals surface area contributed by atoms with E-state index in [1.807, 2.05) is 30.3 Å². The summed E-state index contributed by atoms with van der Waals surface area (Å²) in [5.74, 6) is -1.08. The van der Waals surface area contributed by atoms with Crippen LogP contribution in [0.3, 0.4) is 0 Å². The minimum atomic E-state index is -0.479. The average molecular weight is 226 g/mol. The van der Waals surface area contributed by atoms with Gasteiger partial charge in [-0.25, -0.2) is 0 Å². The van der Waals surface area contributed by atoms with Crippen molar-refractivity contribution in [2.75, 3.05) is 0 Å². The fourth-order valence-electron chi connectivity index (χ4n) is 2.11. The summed E-state index contributed by atoms with van der Waals surface area (Å²) in [5, 5.41) is 32.0. The summed E-state index contributed by atoms with van der Waals surface area (Å²) in [6.07, 6.45) is 0. The van der Waals surface area contributed by atoms with Crippen LogP contribution in [0.5, 0.6) is 17.2 Å². The summed E-state index contributed by atoms with van der Waals surface area (Å²) in [4.78, 5) is 0. The van der Waals surface area contributed by atoms with Crippen LogP contribution in [-0.2, 0) is 0 Å². The van der Waals surface area contributed by atoms with Gasteiger partial charge in [-0.05, 0) is 28.3 Å². The first-order valence-corrected chi connectivity index (χ1v) is 5.24. The monoisotopic (exact) mass is 226 g/mol. The molecular weight excluding hydrogens is 216 g/mol. The van der Waals surface area contributed by atoms with Crippen molar-refractivity contribution in [1.82, 2.24) is 0 Å². The fourth-order valence-corrected chi connectivity index (χ4v) is 2.11. The van der Waals surface area contributed by atoms with E-state index in [0.29, 0.717) is 5.39 Å². The summed E-state index contributed by atoms with van der Waals surface area (Å²) in [5.41, 5.74) is 0. The Hall–Kier alpha value is -2.42. The van der Waals surface area contributed by atoms with Gasteiger partial charge in [0.05, 0.1) is 0 Å². The highest BCUT2D eigenvalue weighted by Gasteiger charge is 2.12. The van der Waals surface area contributed by atoms with Crippen LogP contribution < -0.4 is 0 Å². The van der Waals surface area contributed by atoms with Crippen LogP contribution in [0.4, 0.5) is 0 Å². The molecule has 0 spiro atoms. The highest BCUT2D eigenvalue weighted by molar-refractivity contribution is 6.10. The molecule has 0 fully saturated rings. The van der Waals surface area contributed by atoms with E-state index in [4.69, 9.17) is 0 Å². The molecule has 0 saturated heterocycles. The van der Waals surface area contributed by atoms with E-state index < -0.39 is 5.75 Å². The number of phenolic OH excluding ortho intramolecular Hbond substituents is 3. The van der Waals surface area contributed by atoms with Crippen LogP contribution in [0.1, 0.15) is 0 Å². The van der Waals surface area contributed by atoms with Crippen LogP contribution in [0.15, 0.2) is 42.5 Å². The van der Waals surface area contributed by atoms with E-state index >= 15 is 0 Å². The molecule has 3 rings (SSSR count). The number of hydrogen-bond donors (Lipinski definition) is 3. The average Bonchev–Trinajstić information content (AvgIpc) is 2.36. The SMILES string of the molecule is Oc1cc2c(ccc3ccccc32)c(O)c1O. The van der Waals surface area contributed by atoms with Crippen molar-refractivity contribution in [2.24, 2.45) is 0 Å². The first-order valence-electron chi connectivity index (χ1n) is 5.24. The molecule has 0 atom stereocenters. The normalized spacial score (nSPS) is 11.1. The van der Waals surface area contributed by atoms with E-state index in [-0.39, 0.29) is 11.5 Å². The summed E-state index contributed by atoms with van der Waals surface area (Å²) >= 11 is 0. The molecule has 3 aromatic carbocycles. The van der Waals surface area contributed by atoms with Gasteiger partial charge in [-0.15, -0.1) is 0 Å². The minimum absolute atomic E-state index is 0.286. The molecule has 3 aromatic rings. The number of hydrogen-bond acceptors (Lipinski definition) is 3. The molecule has 0 bridgehead atoms. The quantitative estimate of drug-likeness (QED) is 0.407. The molecule has 0 saturated carbocycles.